The van der Waals surface area contributed by atoms with E-state index in [-0.39, 0.29) is 11.8 Å². The fourth-order valence-corrected chi connectivity index (χ4v) is 1.60. The first-order valence-corrected chi connectivity index (χ1v) is 5.62. The molecule has 1 N–H and O–H groups in total. The van der Waals surface area contributed by atoms with Crippen molar-refractivity contribution in [3.8, 4) is 6.01 Å². The summed E-state index contributed by atoms with van der Waals surface area (Å²) in [7, 11) is 1.42. The van der Waals surface area contributed by atoms with Gasteiger partial charge in [-0.3, -0.25) is 0 Å². The number of aromatic nitrogens is 2. The van der Waals surface area contributed by atoms with E-state index < -0.39 is 5.82 Å². The number of nitrogens with one attached hydrogen (secondary N) is 1. The second-order valence-corrected chi connectivity index (χ2v) is 3.91. The Hall–Kier alpha value is -1.88. The molecule has 0 radical (unpaired) electrons. The molecular formula is C12H11ClFN3O. The molecule has 0 amide bonds. The number of rotatable bonds is 4. The average Bonchev–Trinajstić information content (AvgIpc) is 2.39. The zero-order valence-corrected chi connectivity index (χ0v) is 10.4. The van der Waals surface area contributed by atoms with Crippen molar-refractivity contribution < 1.29 is 9.13 Å². The molecule has 94 valence electrons. The van der Waals surface area contributed by atoms with E-state index in [4.69, 9.17) is 16.3 Å². The summed E-state index contributed by atoms with van der Waals surface area (Å²) >= 11 is 6.00. The van der Waals surface area contributed by atoms with Crippen molar-refractivity contribution in [2.75, 3.05) is 12.4 Å². The highest BCUT2D eigenvalue weighted by molar-refractivity contribution is 6.31. The summed E-state index contributed by atoms with van der Waals surface area (Å²) in [5.74, 6) is -0.454. The molecule has 0 bridgehead atoms. The molecule has 0 unspecified atom stereocenters. The standard InChI is InChI=1S/C12H11ClFN3O/c1-18-12-16-7-10(14)11(17-12)15-6-8-4-2-3-5-9(8)13/h2-5,7H,6H2,1H3,(H,15,16,17). The van der Waals surface area contributed by atoms with Gasteiger partial charge in [0.1, 0.15) is 0 Å². The van der Waals surface area contributed by atoms with Crippen LogP contribution in [0.3, 0.4) is 0 Å². The van der Waals surface area contributed by atoms with Crippen LogP contribution in [0.1, 0.15) is 5.56 Å². The van der Waals surface area contributed by atoms with Crippen molar-refractivity contribution in [1.82, 2.24) is 9.97 Å². The van der Waals surface area contributed by atoms with Crippen molar-refractivity contribution in [3.63, 3.8) is 0 Å². The number of halogens is 2. The van der Waals surface area contributed by atoms with E-state index in [2.05, 4.69) is 15.3 Å². The Morgan fingerprint density at radius 2 is 2.17 bits per heavy atom. The third kappa shape index (κ3) is 2.87. The Morgan fingerprint density at radius 3 is 2.89 bits per heavy atom. The van der Waals surface area contributed by atoms with Crippen LogP contribution in [0.4, 0.5) is 10.2 Å². The summed E-state index contributed by atoms with van der Waals surface area (Å²) in [4.78, 5) is 7.53. The van der Waals surface area contributed by atoms with Gasteiger partial charge in [0.2, 0.25) is 0 Å². The fraction of sp³-hybridized carbons (Fsp3) is 0.167. The van der Waals surface area contributed by atoms with Crippen LogP contribution < -0.4 is 10.1 Å². The van der Waals surface area contributed by atoms with Crippen molar-refractivity contribution >= 4 is 17.4 Å². The lowest BCUT2D eigenvalue weighted by Crippen LogP contribution is -2.06. The van der Waals surface area contributed by atoms with Gasteiger partial charge >= 0.3 is 6.01 Å². The normalized spacial score (nSPS) is 10.2. The van der Waals surface area contributed by atoms with Crippen molar-refractivity contribution in [2.24, 2.45) is 0 Å². The van der Waals surface area contributed by atoms with Gasteiger partial charge in [-0.05, 0) is 11.6 Å². The van der Waals surface area contributed by atoms with Crippen LogP contribution in [0.25, 0.3) is 0 Å². The van der Waals surface area contributed by atoms with E-state index in [0.717, 1.165) is 11.8 Å². The summed E-state index contributed by atoms with van der Waals surface area (Å²) in [5.41, 5.74) is 0.858. The molecular weight excluding hydrogens is 257 g/mol. The van der Waals surface area contributed by atoms with Crippen LogP contribution in [0, 0.1) is 5.82 Å². The maximum Gasteiger partial charge on any atom is 0.318 e. The van der Waals surface area contributed by atoms with Gasteiger partial charge in [-0.1, -0.05) is 29.8 Å². The summed E-state index contributed by atoms with van der Waals surface area (Å²) in [6, 6.07) is 7.43. The van der Waals surface area contributed by atoms with Crippen molar-refractivity contribution in [2.45, 2.75) is 6.54 Å². The molecule has 0 atom stereocenters. The highest BCUT2D eigenvalue weighted by Gasteiger charge is 2.07. The maximum atomic E-state index is 13.4. The molecule has 6 heteroatoms. The van der Waals surface area contributed by atoms with E-state index in [0.29, 0.717) is 11.6 Å². The van der Waals surface area contributed by atoms with Crippen LogP contribution in [-0.2, 0) is 6.54 Å². The van der Waals surface area contributed by atoms with Gasteiger partial charge in [0.05, 0.1) is 13.3 Å². The molecule has 18 heavy (non-hydrogen) atoms. The highest BCUT2D eigenvalue weighted by Crippen LogP contribution is 2.18. The molecule has 1 heterocycles. The van der Waals surface area contributed by atoms with Crippen LogP contribution in [0.5, 0.6) is 6.01 Å². The number of hydrogen-bond acceptors (Lipinski definition) is 4. The van der Waals surface area contributed by atoms with Gasteiger partial charge < -0.3 is 10.1 Å². The Kier molecular flexibility index (Phi) is 3.94. The van der Waals surface area contributed by atoms with E-state index in [1.165, 1.54) is 7.11 Å². The highest BCUT2D eigenvalue weighted by atomic mass is 35.5. The monoisotopic (exact) mass is 267 g/mol. The average molecular weight is 268 g/mol. The summed E-state index contributed by atoms with van der Waals surface area (Å²) in [6.45, 7) is 0.372. The molecule has 0 saturated carbocycles. The number of ether oxygens (including phenoxy) is 1. The van der Waals surface area contributed by atoms with Gasteiger partial charge in [0.25, 0.3) is 0 Å². The SMILES string of the molecule is COc1ncc(F)c(NCc2ccccc2Cl)n1. The zero-order valence-electron chi connectivity index (χ0n) is 9.65. The first-order valence-electron chi connectivity index (χ1n) is 5.24. The maximum absolute atomic E-state index is 13.4. The second kappa shape index (κ2) is 5.64. The molecule has 2 aromatic rings. The number of benzene rings is 1. The Bertz CT molecular complexity index is 551. The predicted molar refractivity (Wildman–Crippen MR) is 67.3 cm³/mol. The molecule has 0 aliphatic rings. The van der Waals surface area contributed by atoms with E-state index in [1.807, 2.05) is 18.2 Å². The molecule has 0 saturated heterocycles. The molecule has 2 rings (SSSR count). The lowest BCUT2D eigenvalue weighted by atomic mass is 10.2. The molecule has 0 aliphatic carbocycles. The Morgan fingerprint density at radius 1 is 1.39 bits per heavy atom. The third-order valence-corrected chi connectivity index (χ3v) is 2.68. The quantitative estimate of drug-likeness (QED) is 0.925. The number of methoxy groups -OCH3 is 1. The third-order valence-electron chi connectivity index (χ3n) is 2.31. The zero-order chi connectivity index (χ0) is 13.0. The van der Waals surface area contributed by atoms with Gasteiger partial charge in [-0.15, -0.1) is 0 Å². The van der Waals surface area contributed by atoms with Gasteiger partial charge in [-0.25, -0.2) is 9.37 Å². The fourth-order valence-electron chi connectivity index (χ4n) is 1.39. The molecule has 0 fully saturated rings. The van der Waals surface area contributed by atoms with Gasteiger partial charge in [0, 0.05) is 11.6 Å². The minimum absolute atomic E-state index is 0.0850. The lowest BCUT2D eigenvalue weighted by molar-refractivity contribution is 0.377. The molecule has 0 spiro atoms. The van der Waals surface area contributed by atoms with Crippen LogP contribution in [0.2, 0.25) is 5.02 Å². The summed E-state index contributed by atoms with van der Waals surface area (Å²) < 4.78 is 18.3. The van der Waals surface area contributed by atoms with E-state index >= 15 is 0 Å². The topological polar surface area (TPSA) is 47.0 Å². The number of hydrogen-bond donors (Lipinski definition) is 1. The Labute approximate surface area is 109 Å². The largest absolute Gasteiger partial charge is 0.467 e. The van der Waals surface area contributed by atoms with E-state index in [1.54, 1.807) is 6.07 Å². The first kappa shape index (κ1) is 12.6. The Balaban J connectivity index is 2.13. The first-order chi connectivity index (χ1) is 8.70. The minimum Gasteiger partial charge on any atom is -0.467 e. The number of anilines is 1. The van der Waals surface area contributed by atoms with Crippen LogP contribution in [-0.4, -0.2) is 17.1 Å². The molecule has 1 aromatic heterocycles. The van der Waals surface area contributed by atoms with Crippen molar-refractivity contribution in [1.29, 1.82) is 0 Å². The van der Waals surface area contributed by atoms with Gasteiger partial charge in [-0.2, -0.15) is 4.98 Å². The second-order valence-electron chi connectivity index (χ2n) is 3.50. The molecule has 4 nitrogen and oxygen atoms in total. The minimum atomic E-state index is -0.539. The molecule has 0 aliphatic heterocycles. The van der Waals surface area contributed by atoms with Crippen molar-refractivity contribution in [3.05, 3.63) is 46.9 Å². The van der Waals surface area contributed by atoms with Crippen LogP contribution in [0.15, 0.2) is 30.5 Å². The van der Waals surface area contributed by atoms with E-state index in [9.17, 15) is 4.39 Å². The summed E-state index contributed by atoms with van der Waals surface area (Å²) in [6.07, 6.45) is 1.06. The predicted octanol–water partition coefficient (Wildman–Crippen LogP) is 2.89. The molecule has 1 aromatic carbocycles. The number of nitrogens with zero attached hydrogens (tertiary/aromatic N) is 2. The van der Waals surface area contributed by atoms with Crippen LogP contribution >= 0.6 is 11.6 Å². The van der Waals surface area contributed by atoms with Gasteiger partial charge in [0.15, 0.2) is 11.6 Å². The smallest absolute Gasteiger partial charge is 0.318 e. The lowest BCUT2D eigenvalue weighted by Gasteiger charge is -2.08. The summed E-state index contributed by atoms with van der Waals surface area (Å²) in [5, 5.41) is 3.47.